The number of hydrogen-bond acceptors (Lipinski definition) is 4. The fourth-order valence-corrected chi connectivity index (χ4v) is 3.89. The van der Waals surface area contributed by atoms with Gasteiger partial charge in [-0.1, -0.05) is 20.8 Å². The monoisotopic (exact) mass is 373 g/mol. The Morgan fingerprint density at radius 1 is 1.20 bits per heavy atom. The molecule has 0 aromatic carbocycles. The number of amides is 1. The van der Waals surface area contributed by atoms with Gasteiger partial charge in [0.1, 0.15) is 5.60 Å². The lowest BCUT2D eigenvalue weighted by Crippen LogP contribution is -2.50. The Morgan fingerprint density at radius 2 is 1.80 bits per heavy atom. The molecule has 6 heteroatoms. The van der Waals surface area contributed by atoms with Crippen molar-refractivity contribution in [3.8, 4) is 0 Å². The van der Waals surface area contributed by atoms with Gasteiger partial charge in [-0.2, -0.15) is 0 Å². The van der Waals surface area contributed by atoms with Crippen LogP contribution in [0.4, 0.5) is 4.79 Å². The van der Waals surface area contributed by atoms with Crippen LogP contribution in [0.15, 0.2) is 0 Å². The molecular weight excluding hydrogens is 334 g/mol. The maximum absolute atomic E-state index is 12.3. The van der Waals surface area contributed by atoms with Crippen molar-refractivity contribution in [3.05, 3.63) is 0 Å². The zero-order valence-corrected chi connectivity index (χ0v) is 18.5. The van der Waals surface area contributed by atoms with Gasteiger partial charge < -0.3 is 19.2 Å². The predicted octanol–water partition coefficient (Wildman–Crippen LogP) is 4.41. The highest BCUT2D eigenvalue weighted by atomic mass is 28.4. The highest BCUT2D eigenvalue weighted by Gasteiger charge is 2.38. The molecule has 1 saturated heterocycles. The van der Waals surface area contributed by atoms with Gasteiger partial charge in [0.25, 0.3) is 0 Å². The summed E-state index contributed by atoms with van der Waals surface area (Å²) in [6, 6.07) is -0.151. The Bertz CT molecular complexity index is 440. The molecule has 0 aromatic rings. The summed E-state index contributed by atoms with van der Waals surface area (Å²) < 4.78 is 11.7. The lowest BCUT2D eigenvalue weighted by atomic mass is 9.89. The van der Waals surface area contributed by atoms with Crippen LogP contribution < -0.4 is 0 Å². The van der Waals surface area contributed by atoms with Crippen LogP contribution in [0.1, 0.15) is 60.8 Å². The summed E-state index contributed by atoms with van der Waals surface area (Å²) in [7, 11) is -1.71. The topological polar surface area (TPSA) is 59.0 Å². The van der Waals surface area contributed by atoms with Crippen LogP contribution in [0.5, 0.6) is 0 Å². The Hall–Kier alpha value is -0.593. The summed E-state index contributed by atoms with van der Waals surface area (Å²) >= 11 is 0. The molecule has 0 spiro atoms. The molecular formula is C19H39NO4Si. The molecule has 0 aliphatic carbocycles. The van der Waals surface area contributed by atoms with Crippen molar-refractivity contribution >= 4 is 14.4 Å². The smallest absolute Gasteiger partial charge is 0.410 e. The lowest BCUT2D eigenvalue weighted by molar-refractivity contribution is -0.00597. The molecule has 2 unspecified atom stereocenters. The SMILES string of the molecule is CC(C)(C)OC(=O)N1CCC(CCO[Si](C)(C)C(C)(C)C)CC1CO. The molecule has 0 saturated carbocycles. The number of carbonyl (C=O) groups is 1. The molecule has 1 fully saturated rings. The maximum Gasteiger partial charge on any atom is 0.410 e. The molecule has 25 heavy (non-hydrogen) atoms. The maximum atomic E-state index is 12.3. The van der Waals surface area contributed by atoms with Crippen LogP contribution in [0.2, 0.25) is 18.1 Å². The number of likely N-dealkylation sites (tertiary alicyclic amines) is 1. The first-order chi connectivity index (χ1) is 11.3. The van der Waals surface area contributed by atoms with Crippen LogP contribution in [0.3, 0.4) is 0 Å². The Kier molecular flexibility index (Phi) is 7.54. The summed E-state index contributed by atoms with van der Waals surface area (Å²) in [5.74, 6) is 0.487. The number of rotatable bonds is 5. The van der Waals surface area contributed by atoms with Crippen molar-refractivity contribution in [3.63, 3.8) is 0 Å². The van der Waals surface area contributed by atoms with Crippen molar-refractivity contribution in [2.45, 2.75) is 90.6 Å². The van der Waals surface area contributed by atoms with Crippen molar-refractivity contribution in [2.75, 3.05) is 19.8 Å². The van der Waals surface area contributed by atoms with Gasteiger partial charge in [0.15, 0.2) is 8.32 Å². The van der Waals surface area contributed by atoms with Gasteiger partial charge in [-0.05, 0) is 64.1 Å². The van der Waals surface area contributed by atoms with Crippen molar-refractivity contribution in [2.24, 2.45) is 5.92 Å². The van der Waals surface area contributed by atoms with Crippen LogP contribution in [0.25, 0.3) is 0 Å². The van der Waals surface area contributed by atoms with Crippen molar-refractivity contribution in [1.82, 2.24) is 4.90 Å². The summed E-state index contributed by atoms with van der Waals surface area (Å²) in [4.78, 5) is 14.0. The van der Waals surface area contributed by atoms with Gasteiger partial charge in [-0.3, -0.25) is 0 Å². The third kappa shape index (κ3) is 6.91. The van der Waals surface area contributed by atoms with E-state index in [9.17, 15) is 9.90 Å². The van der Waals surface area contributed by atoms with E-state index in [-0.39, 0.29) is 23.8 Å². The van der Waals surface area contributed by atoms with Crippen LogP contribution in [0, 0.1) is 5.92 Å². The molecule has 1 amide bonds. The van der Waals surface area contributed by atoms with E-state index in [2.05, 4.69) is 33.9 Å². The zero-order valence-electron chi connectivity index (χ0n) is 17.5. The van der Waals surface area contributed by atoms with E-state index in [1.165, 1.54) is 0 Å². The van der Waals surface area contributed by atoms with Gasteiger partial charge in [0.2, 0.25) is 0 Å². The fourth-order valence-electron chi connectivity index (χ4n) is 2.83. The van der Waals surface area contributed by atoms with Gasteiger partial charge in [-0.25, -0.2) is 4.79 Å². The standard InChI is InChI=1S/C19H39NO4Si/c1-18(2,3)24-17(22)20-11-9-15(13-16(20)14-21)10-12-23-25(7,8)19(4,5)6/h15-16,21H,9-14H2,1-8H3. The Morgan fingerprint density at radius 3 is 2.28 bits per heavy atom. The molecule has 1 aliphatic heterocycles. The minimum atomic E-state index is -1.71. The van der Waals surface area contributed by atoms with E-state index in [0.29, 0.717) is 12.5 Å². The third-order valence-corrected chi connectivity index (χ3v) is 10.00. The Labute approximate surface area is 155 Å². The van der Waals surface area contributed by atoms with Gasteiger partial charge >= 0.3 is 6.09 Å². The molecule has 1 aliphatic rings. The number of piperidine rings is 1. The van der Waals surface area contributed by atoms with Crippen molar-refractivity contribution in [1.29, 1.82) is 0 Å². The van der Waals surface area contributed by atoms with Crippen LogP contribution >= 0.6 is 0 Å². The highest BCUT2D eigenvalue weighted by Crippen LogP contribution is 2.37. The number of carbonyl (C=O) groups excluding carboxylic acids is 1. The number of hydrogen-bond donors (Lipinski definition) is 1. The second kappa shape index (κ2) is 8.40. The first kappa shape index (κ1) is 22.4. The van der Waals surface area contributed by atoms with E-state index in [1.54, 1.807) is 4.90 Å². The van der Waals surface area contributed by atoms with E-state index >= 15 is 0 Å². The minimum Gasteiger partial charge on any atom is -0.444 e. The van der Waals surface area contributed by atoms with E-state index in [4.69, 9.17) is 9.16 Å². The van der Waals surface area contributed by atoms with E-state index in [0.717, 1.165) is 25.9 Å². The molecule has 1 rings (SSSR count). The molecule has 1 N–H and O–H groups in total. The summed E-state index contributed by atoms with van der Waals surface area (Å²) in [5, 5.41) is 9.94. The molecule has 0 aromatic heterocycles. The molecule has 2 atom stereocenters. The molecule has 0 radical (unpaired) electrons. The number of ether oxygens (including phenoxy) is 1. The van der Waals surface area contributed by atoms with Crippen LogP contribution in [-0.4, -0.2) is 55.8 Å². The predicted molar refractivity (Wildman–Crippen MR) is 104 cm³/mol. The van der Waals surface area contributed by atoms with E-state index < -0.39 is 13.9 Å². The lowest BCUT2D eigenvalue weighted by Gasteiger charge is -2.40. The second-order valence-corrected chi connectivity index (χ2v) is 14.6. The zero-order chi connectivity index (χ0) is 19.5. The summed E-state index contributed by atoms with van der Waals surface area (Å²) in [6.45, 7) is 18.3. The third-order valence-electron chi connectivity index (χ3n) is 5.46. The first-order valence-electron chi connectivity index (χ1n) is 9.51. The Balaban J connectivity index is 2.52. The molecule has 5 nitrogen and oxygen atoms in total. The first-order valence-corrected chi connectivity index (χ1v) is 12.4. The normalized spacial score (nSPS) is 22.8. The van der Waals surface area contributed by atoms with E-state index in [1.807, 2.05) is 20.8 Å². The summed E-state index contributed by atoms with van der Waals surface area (Å²) in [6.07, 6.45) is 2.43. The van der Waals surface area contributed by atoms with Crippen molar-refractivity contribution < 1.29 is 19.1 Å². The van der Waals surface area contributed by atoms with Gasteiger partial charge in [0.05, 0.1) is 12.6 Å². The largest absolute Gasteiger partial charge is 0.444 e. The molecule has 0 bridgehead atoms. The van der Waals surface area contributed by atoms with Gasteiger partial charge in [0, 0.05) is 13.2 Å². The average molecular weight is 374 g/mol. The fraction of sp³-hybridized carbons (Fsp3) is 0.947. The number of aliphatic hydroxyl groups excluding tert-OH is 1. The minimum absolute atomic E-state index is 0.0150. The summed E-state index contributed by atoms with van der Waals surface area (Å²) in [5.41, 5.74) is -0.509. The highest BCUT2D eigenvalue weighted by molar-refractivity contribution is 6.74. The number of nitrogens with zero attached hydrogens (tertiary/aromatic N) is 1. The van der Waals surface area contributed by atoms with Crippen LogP contribution in [-0.2, 0) is 9.16 Å². The van der Waals surface area contributed by atoms with Gasteiger partial charge in [-0.15, -0.1) is 0 Å². The molecule has 148 valence electrons. The quantitative estimate of drug-likeness (QED) is 0.725. The average Bonchev–Trinajstić information content (AvgIpc) is 2.43. The number of aliphatic hydroxyl groups is 1. The second-order valence-electron chi connectivity index (χ2n) is 9.80. The molecule has 1 heterocycles.